The van der Waals surface area contributed by atoms with Gasteiger partial charge in [-0.05, 0) is 41.8 Å². The number of hydrogen-bond donors (Lipinski definition) is 3. The van der Waals surface area contributed by atoms with Crippen molar-refractivity contribution < 1.29 is 5.11 Å². The molecule has 4 heteroatoms. The molecule has 1 atom stereocenters. The lowest BCUT2D eigenvalue weighted by molar-refractivity contribution is 0.191. The second kappa shape index (κ2) is 7.20. The second-order valence-electron chi connectivity index (χ2n) is 5.42. The first-order valence-electron chi connectivity index (χ1n) is 7.66. The standard InChI is InChI=1S/C18H21N3O/c22-17(15-4-2-1-3-5-15)13-21-18-12-16(8-11-20-18)14-6-9-19-10-7-14/h1-6,8,11-12,17,19,22H,7,9-10,13H2,(H,20,21). The Morgan fingerprint density at radius 1 is 1.23 bits per heavy atom. The number of benzene rings is 1. The molecule has 0 spiro atoms. The minimum Gasteiger partial charge on any atom is -0.387 e. The lowest BCUT2D eigenvalue weighted by atomic mass is 10.0. The van der Waals surface area contributed by atoms with Gasteiger partial charge in [0, 0.05) is 19.3 Å². The van der Waals surface area contributed by atoms with Gasteiger partial charge in [-0.2, -0.15) is 0 Å². The summed E-state index contributed by atoms with van der Waals surface area (Å²) in [6, 6.07) is 13.8. The van der Waals surface area contributed by atoms with Gasteiger partial charge in [0.05, 0.1) is 6.10 Å². The molecule has 3 rings (SSSR count). The number of anilines is 1. The van der Waals surface area contributed by atoms with Gasteiger partial charge < -0.3 is 15.7 Å². The van der Waals surface area contributed by atoms with E-state index in [9.17, 15) is 5.11 Å². The third kappa shape index (κ3) is 3.72. The molecule has 2 aromatic rings. The van der Waals surface area contributed by atoms with E-state index in [1.165, 1.54) is 11.1 Å². The van der Waals surface area contributed by atoms with Crippen LogP contribution in [0.5, 0.6) is 0 Å². The zero-order valence-corrected chi connectivity index (χ0v) is 12.5. The summed E-state index contributed by atoms with van der Waals surface area (Å²) in [6.07, 6.45) is 4.54. The van der Waals surface area contributed by atoms with Crippen molar-refractivity contribution in [2.45, 2.75) is 12.5 Å². The molecular formula is C18H21N3O. The Balaban J connectivity index is 1.64. The van der Waals surface area contributed by atoms with Crippen LogP contribution in [-0.2, 0) is 0 Å². The van der Waals surface area contributed by atoms with Gasteiger partial charge in [0.1, 0.15) is 5.82 Å². The Hall–Kier alpha value is -2.17. The molecule has 4 nitrogen and oxygen atoms in total. The largest absolute Gasteiger partial charge is 0.387 e. The maximum absolute atomic E-state index is 10.2. The van der Waals surface area contributed by atoms with Crippen molar-refractivity contribution in [3.63, 3.8) is 0 Å². The smallest absolute Gasteiger partial charge is 0.126 e. The lowest BCUT2D eigenvalue weighted by Crippen LogP contribution is -2.20. The molecule has 0 fully saturated rings. The number of hydrogen-bond acceptors (Lipinski definition) is 4. The van der Waals surface area contributed by atoms with E-state index in [4.69, 9.17) is 0 Å². The molecule has 1 aliphatic heterocycles. The molecule has 114 valence electrons. The van der Waals surface area contributed by atoms with Gasteiger partial charge in [-0.15, -0.1) is 0 Å². The fourth-order valence-electron chi connectivity index (χ4n) is 2.61. The Kier molecular flexibility index (Phi) is 4.83. The molecule has 0 aliphatic carbocycles. The molecule has 0 saturated heterocycles. The first-order valence-corrected chi connectivity index (χ1v) is 7.66. The van der Waals surface area contributed by atoms with Crippen LogP contribution in [0.4, 0.5) is 5.82 Å². The predicted octanol–water partition coefficient (Wildman–Crippen LogP) is 2.60. The van der Waals surface area contributed by atoms with E-state index in [0.717, 1.165) is 30.9 Å². The third-order valence-electron chi connectivity index (χ3n) is 3.86. The Labute approximate surface area is 130 Å². The summed E-state index contributed by atoms with van der Waals surface area (Å²) in [7, 11) is 0. The van der Waals surface area contributed by atoms with Crippen LogP contribution in [0.25, 0.3) is 5.57 Å². The summed E-state index contributed by atoms with van der Waals surface area (Å²) in [6.45, 7) is 2.39. The Bertz CT molecular complexity index is 640. The van der Waals surface area contributed by atoms with Crippen molar-refractivity contribution in [1.29, 1.82) is 0 Å². The molecule has 1 aromatic heterocycles. The zero-order chi connectivity index (χ0) is 15.2. The Morgan fingerprint density at radius 2 is 2.09 bits per heavy atom. The third-order valence-corrected chi connectivity index (χ3v) is 3.86. The number of nitrogens with zero attached hydrogens (tertiary/aromatic N) is 1. The van der Waals surface area contributed by atoms with Crippen LogP contribution < -0.4 is 10.6 Å². The predicted molar refractivity (Wildman–Crippen MR) is 89.6 cm³/mol. The average Bonchev–Trinajstić information content (AvgIpc) is 2.61. The highest BCUT2D eigenvalue weighted by atomic mass is 16.3. The maximum Gasteiger partial charge on any atom is 0.126 e. The number of aliphatic hydroxyl groups excluding tert-OH is 1. The molecular weight excluding hydrogens is 274 g/mol. The van der Waals surface area contributed by atoms with E-state index < -0.39 is 6.10 Å². The number of pyridine rings is 1. The monoisotopic (exact) mass is 295 g/mol. The van der Waals surface area contributed by atoms with Crippen LogP contribution >= 0.6 is 0 Å². The van der Waals surface area contributed by atoms with Gasteiger partial charge in [0.25, 0.3) is 0 Å². The lowest BCUT2D eigenvalue weighted by Gasteiger charge is -2.16. The van der Waals surface area contributed by atoms with Gasteiger partial charge in [-0.1, -0.05) is 36.4 Å². The van der Waals surface area contributed by atoms with Crippen LogP contribution in [0.3, 0.4) is 0 Å². The quantitative estimate of drug-likeness (QED) is 0.793. The minimum absolute atomic E-state index is 0.446. The van der Waals surface area contributed by atoms with Crippen molar-refractivity contribution in [2.24, 2.45) is 0 Å². The highest BCUT2D eigenvalue weighted by Crippen LogP contribution is 2.21. The molecule has 0 amide bonds. The molecule has 1 aliphatic rings. The van der Waals surface area contributed by atoms with Crippen LogP contribution in [-0.4, -0.2) is 29.7 Å². The summed E-state index contributed by atoms with van der Waals surface area (Å²) in [4.78, 5) is 4.33. The minimum atomic E-state index is -0.537. The Morgan fingerprint density at radius 3 is 2.86 bits per heavy atom. The van der Waals surface area contributed by atoms with Crippen molar-refractivity contribution in [1.82, 2.24) is 10.3 Å². The summed E-state index contributed by atoms with van der Waals surface area (Å²) in [5.74, 6) is 0.798. The summed E-state index contributed by atoms with van der Waals surface area (Å²) < 4.78 is 0. The van der Waals surface area contributed by atoms with Crippen LogP contribution in [0.2, 0.25) is 0 Å². The second-order valence-corrected chi connectivity index (χ2v) is 5.42. The van der Waals surface area contributed by atoms with Gasteiger partial charge in [0.15, 0.2) is 0 Å². The molecule has 3 N–H and O–H groups in total. The number of nitrogens with one attached hydrogen (secondary N) is 2. The molecule has 22 heavy (non-hydrogen) atoms. The van der Waals surface area contributed by atoms with E-state index in [1.54, 1.807) is 0 Å². The molecule has 0 radical (unpaired) electrons. The highest BCUT2D eigenvalue weighted by Gasteiger charge is 2.09. The number of rotatable bonds is 5. The zero-order valence-electron chi connectivity index (χ0n) is 12.5. The van der Waals surface area contributed by atoms with E-state index >= 15 is 0 Å². The molecule has 1 unspecified atom stereocenters. The average molecular weight is 295 g/mol. The normalized spacial score (nSPS) is 16.0. The van der Waals surface area contributed by atoms with Gasteiger partial charge in [-0.25, -0.2) is 4.98 Å². The van der Waals surface area contributed by atoms with Gasteiger partial charge >= 0.3 is 0 Å². The first-order chi connectivity index (χ1) is 10.8. The topological polar surface area (TPSA) is 57.2 Å². The molecule has 0 saturated carbocycles. The van der Waals surface area contributed by atoms with Crippen molar-refractivity contribution >= 4 is 11.4 Å². The van der Waals surface area contributed by atoms with Crippen molar-refractivity contribution in [3.8, 4) is 0 Å². The fourth-order valence-corrected chi connectivity index (χ4v) is 2.61. The van der Waals surface area contributed by atoms with Gasteiger partial charge in [-0.3, -0.25) is 0 Å². The SMILES string of the molecule is OC(CNc1cc(C2=CCNCC2)ccn1)c1ccccc1. The van der Waals surface area contributed by atoms with Crippen molar-refractivity contribution in [3.05, 3.63) is 65.9 Å². The summed E-state index contributed by atoms with van der Waals surface area (Å²) in [5.41, 5.74) is 3.47. The van der Waals surface area contributed by atoms with E-state index in [1.807, 2.05) is 42.6 Å². The van der Waals surface area contributed by atoms with Gasteiger partial charge in [0.2, 0.25) is 0 Å². The van der Waals surface area contributed by atoms with Crippen LogP contribution in [0.15, 0.2) is 54.7 Å². The van der Waals surface area contributed by atoms with Crippen molar-refractivity contribution in [2.75, 3.05) is 25.0 Å². The molecule has 2 heterocycles. The van der Waals surface area contributed by atoms with E-state index in [2.05, 4.69) is 27.8 Å². The van der Waals surface area contributed by atoms with Crippen LogP contribution in [0.1, 0.15) is 23.7 Å². The highest BCUT2D eigenvalue weighted by molar-refractivity contribution is 5.68. The van der Waals surface area contributed by atoms with E-state index in [-0.39, 0.29) is 0 Å². The van der Waals surface area contributed by atoms with Crippen LogP contribution in [0, 0.1) is 0 Å². The summed E-state index contributed by atoms with van der Waals surface area (Å²) in [5, 5.41) is 16.7. The fraction of sp³-hybridized carbons (Fsp3) is 0.278. The first kappa shape index (κ1) is 14.8. The maximum atomic E-state index is 10.2. The summed E-state index contributed by atoms with van der Waals surface area (Å²) >= 11 is 0. The molecule has 1 aromatic carbocycles. The molecule has 0 bridgehead atoms. The van der Waals surface area contributed by atoms with E-state index in [0.29, 0.717) is 6.54 Å². The number of aromatic nitrogens is 1. The number of aliphatic hydroxyl groups is 1.